The molecule has 1 amide bonds. The van der Waals surface area contributed by atoms with E-state index >= 15 is 0 Å². The van der Waals surface area contributed by atoms with Gasteiger partial charge in [0.15, 0.2) is 0 Å². The Balaban J connectivity index is 1.96. The van der Waals surface area contributed by atoms with Crippen LogP contribution in [0.4, 0.5) is 5.69 Å². The fourth-order valence-electron chi connectivity index (χ4n) is 5.59. The van der Waals surface area contributed by atoms with Crippen molar-refractivity contribution in [1.29, 1.82) is 0 Å². The number of nitrogens with one attached hydrogen (secondary N) is 1. The number of aromatic nitrogens is 1. The molecule has 30 heavy (non-hydrogen) atoms. The molecule has 2 heterocycles. The molecule has 1 aromatic carbocycles. The number of anilines is 1. The molecule has 0 bridgehead atoms. The number of carbonyl (C=O) groups excluding carboxylic acids is 2. The van der Waals surface area contributed by atoms with Crippen LogP contribution in [0.5, 0.6) is 0 Å². The van der Waals surface area contributed by atoms with Crippen molar-refractivity contribution in [3.8, 4) is 0 Å². The summed E-state index contributed by atoms with van der Waals surface area (Å²) in [5.74, 6) is 0.125. The Bertz CT molecular complexity index is 1020. The van der Waals surface area contributed by atoms with Crippen LogP contribution in [0.25, 0.3) is 10.9 Å². The number of ketones is 1. The fourth-order valence-corrected chi connectivity index (χ4v) is 5.59. The van der Waals surface area contributed by atoms with Gasteiger partial charge in [-0.05, 0) is 61.8 Å². The second-order valence-electron chi connectivity index (χ2n) is 8.77. The number of carbonyl (C=O) groups is 2. The van der Waals surface area contributed by atoms with E-state index in [4.69, 9.17) is 0 Å². The maximum atomic E-state index is 13.7. The number of benzene rings is 1. The molecule has 0 saturated carbocycles. The van der Waals surface area contributed by atoms with Crippen LogP contribution in [-0.4, -0.2) is 28.3 Å². The predicted molar refractivity (Wildman–Crippen MR) is 120 cm³/mol. The van der Waals surface area contributed by atoms with Gasteiger partial charge in [-0.1, -0.05) is 33.6 Å². The van der Waals surface area contributed by atoms with Crippen molar-refractivity contribution in [3.05, 3.63) is 40.8 Å². The van der Waals surface area contributed by atoms with Crippen molar-refractivity contribution >= 4 is 28.3 Å². The Labute approximate surface area is 178 Å². The van der Waals surface area contributed by atoms with Crippen molar-refractivity contribution in [2.45, 2.75) is 77.6 Å². The first-order chi connectivity index (χ1) is 14.5. The van der Waals surface area contributed by atoms with Gasteiger partial charge in [-0.25, -0.2) is 0 Å². The number of aliphatic hydroxyl groups excluding tert-OH is 1. The monoisotopic (exact) mass is 408 g/mol. The molecule has 160 valence electrons. The average Bonchev–Trinajstić information content (AvgIpc) is 3.13. The van der Waals surface area contributed by atoms with Crippen molar-refractivity contribution in [2.75, 3.05) is 11.4 Å². The van der Waals surface area contributed by atoms with E-state index in [-0.39, 0.29) is 11.7 Å². The molecule has 2 aliphatic rings. The van der Waals surface area contributed by atoms with Crippen molar-refractivity contribution in [2.24, 2.45) is 0 Å². The second-order valence-corrected chi connectivity index (χ2v) is 8.77. The molecular formula is C25H32N2O3. The molecule has 0 saturated heterocycles. The van der Waals surface area contributed by atoms with Gasteiger partial charge in [0.25, 0.3) is 0 Å². The number of nitrogens with zero attached hydrogens (tertiary/aromatic N) is 1. The van der Waals surface area contributed by atoms with Crippen LogP contribution in [0.1, 0.15) is 87.3 Å². The molecule has 0 atom stereocenters. The van der Waals surface area contributed by atoms with Gasteiger partial charge in [-0.3, -0.25) is 9.59 Å². The lowest BCUT2D eigenvalue weighted by molar-refractivity contribution is -0.123. The molecule has 1 aliphatic heterocycles. The number of allylic oxidation sites excluding steroid dienone is 1. The first-order valence-electron chi connectivity index (χ1n) is 11.4. The maximum absolute atomic E-state index is 13.7. The first kappa shape index (κ1) is 20.7. The lowest BCUT2D eigenvalue weighted by Crippen LogP contribution is -2.40. The lowest BCUT2D eigenvalue weighted by atomic mass is 9.74. The van der Waals surface area contributed by atoms with E-state index in [0.29, 0.717) is 17.7 Å². The third kappa shape index (κ3) is 2.90. The molecule has 0 fully saturated rings. The minimum Gasteiger partial charge on any atom is -0.515 e. The van der Waals surface area contributed by atoms with Crippen LogP contribution < -0.4 is 4.90 Å². The first-order valence-corrected chi connectivity index (χ1v) is 11.4. The number of aromatic amines is 1. The summed E-state index contributed by atoms with van der Waals surface area (Å²) in [6.45, 7) is 7.11. The molecule has 0 unspecified atom stereocenters. The van der Waals surface area contributed by atoms with Crippen LogP contribution >= 0.6 is 0 Å². The van der Waals surface area contributed by atoms with Gasteiger partial charge in [-0.15, -0.1) is 0 Å². The van der Waals surface area contributed by atoms with Crippen LogP contribution in [0.3, 0.4) is 0 Å². The van der Waals surface area contributed by atoms with Gasteiger partial charge >= 0.3 is 0 Å². The number of amides is 1. The highest BCUT2D eigenvalue weighted by Crippen LogP contribution is 2.49. The van der Waals surface area contributed by atoms with E-state index in [2.05, 4.69) is 37.9 Å². The average molecular weight is 409 g/mol. The summed E-state index contributed by atoms with van der Waals surface area (Å²) in [4.78, 5) is 31.9. The highest BCUT2D eigenvalue weighted by molar-refractivity contribution is 6.14. The number of aryl methyl sites for hydroxylation is 1. The number of H-pyrrole nitrogens is 1. The van der Waals surface area contributed by atoms with E-state index in [1.165, 1.54) is 0 Å². The summed E-state index contributed by atoms with van der Waals surface area (Å²) in [7, 11) is 0. The standard InChI is InChI=1S/C25H32N2O3/c1-4-10-25(11-5-2)19-14-20-18(13-21(19)27(12-6-3)24(25)30)17-9-7-8-16(15-28)23(29)22(17)26-20/h13-15,26,28H,4-12H2,1-3H3/b16-15+. The van der Waals surface area contributed by atoms with E-state index < -0.39 is 5.41 Å². The van der Waals surface area contributed by atoms with E-state index in [1.807, 2.05) is 4.90 Å². The number of rotatable bonds is 6. The molecule has 0 radical (unpaired) electrons. The highest BCUT2D eigenvalue weighted by atomic mass is 16.2. The fraction of sp³-hybridized carbons (Fsp3) is 0.520. The Morgan fingerprint density at radius 2 is 1.83 bits per heavy atom. The maximum Gasteiger partial charge on any atom is 0.237 e. The Morgan fingerprint density at radius 1 is 1.10 bits per heavy atom. The Kier molecular flexibility index (Phi) is 5.48. The number of Topliss-reactive ketones (excluding diaryl/α,β-unsaturated/α-hetero) is 1. The zero-order valence-electron chi connectivity index (χ0n) is 18.3. The van der Waals surface area contributed by atoms with Crippen LogP contribution in [0.15, 0.2) is 24.0 Å². The number of fused-ring (bicyclic) bond motifs is 4. The number of hydrogen-bond acceptors (Lipinski definition) is 3. The van der Waals surface area contributed by atoms with Crippen LogP contribution in [0, 0.1) is 0 Å². The highest BCUT2D eigenvalue weighted by Gasteiger charge is 2.49. The Morgan fingerprint density at radius 3 is 2.47 bits per heavy atom. The van der Waals surface area contributed by atoms with Crippen LogP contribution in [0.2, 0.25) is 0 Å². The van der Waals surface area contributed by atoms with E-state index in [9.17, 15) is 14.7 Å². The molecule has 5 heteroatoms. The number of hydrogen-bond donors (Lipinski definition) is 2. The molecule has 4 rings (SSSR count). The molecule has 1 aliphatic carbocycles. The molecule has 2 N–H and O–H groups in total. The zero-order valence-corrected chi connectivity index (χ0v) is 18.3. The largest absolute Gasteiger partial charge is 0.515 e. The zero-order chi connectivity index (χ0) is 21.5. The van der Waals surface area contributed by atoms with E-state index in [0.717, 1.165) is 85.5 Å². The summed E-state index contributed by atoms with van der Waals surface area (Å²) in [5.41, 5.74) is 4.66. The summed E-state index contributed by atoms with van der Waals surface area (Å²) in [6, 6.07) is 4.27. The minimum absolute atomic E-state index is 0.115. The summed E-state index contributed by atoms with van der Waals surface area (Å²) in [6.07, 6.45) is 7.65. The Hall–Kier alpha value is -2.56. The van der Waals surface area contributed by atoms with Crippen molar-refractivity contribution < 1.29 is 14.7 Å². The molecule has 2 aromatic rings. The predicted octanol–water partition coefficient (Wildman–Crippen LogP) is 5.72. The van der Waals surface area contributed by atoms with E-state index in [1.54, 1.807) is 0 Å². The smallest absolute Gasteiger partial charge is 0.237 e. The van der Waals surface area contributed by atoms with Gasteiger partial charge in [0.2, 0.25) is 11.7 Å². The second kappa shape index (κ2) is 7.93. The summed E-state index contributed by atoms with van der Waals surface area (Å²) < 4.78 is 0. The SMILES string of the molecule is CCCN1C(=O)C(CCC)(CCC)c2cc3[nH]c4c(c3cc21)CCC/C(=C\O)C4=O. The lowest BCUT2D eigenvalue weighted by Gasteiger charge is -2.28. The summed E-state index contributed by atoms with van der Waals surface area (Å²) in [5, 5.41) is 10.5. The topological polar surface area (TPSA) is 73.4 Å². The minimum atomic E-state index is -0.467. The molecular weight excluding hydrogens is 376 g/mol. The molecule has 1 aromatic heterocycles. The van der Waals surface area contributed by atoms with Gasteiger partial charge in [-0.2, -0.15) is 0 Å². The van der Waals surface area contributed by atoms with Gasteiger partial charge < -0.3 is 15.0 Å². The molecule has 5 nitrogen and oxygen atoms in total. The normalized spacial score (nSPS) is 19.4. The van der Waals surface area contributed by atoms with Gasteiger partial charge in [0, 0.05) is 28.7 Å². The summed E-state index contributed by atoms with van der Waals surface area (Å²) >= 11 is 0. The third-order valence-corrected chi connectivity index (χ3v) is 6.83. The number of aliphatic hydroxyl groups is 1. The van der Waals surface area contributed by atoms with Gasteiger partial charge in [0.1, 0.15) is 0 Å². The quantitative estimate of drug-likeness (QED) is 0.364. The van der Waals surface area contributed by atoms with Gasteiger partial charge in [0.05, 0.1) is 17.4 Å². The third-order valence-electron chi connectivity index (χ3n) is 6.83. The molecule has 0 spiro atoms. The van der Waals surface area contributed by atoms with Crippen molar-refractivity contribution in [1.82, 2.24) is 4.98 Å². The van der Waals surface area contributed by atoms with Crippen molar-refractivity contribution in [3.63, 3.8) is 0 Å². The van der Waals surface area contributed by atoms with Crippen LogP contribution in [-0.2, 0) is 16.6 Å².